The van der Waals surface area contributed by atoms with Crippen molar-refractivity contribution in [3.63, 3.8) is 0 Å². The van der Waals surface area contributed by atoms with Gasteiger partial charge in [0.05, 0.1) is 6.20 Å². The first-order valence-electron chi connectivity index (χ1n) is 10.4. The summed E-state index contributed by atoms with van der Waals surface area (Å²) >= 11 is 0. The Balaban J connectivity index is 0.00000256. The van der Waals surface area contributed by atoms with E-state index in [1.54, 1.807) is 0 Å². The fraction of sp³-hybridized carbons (Fsp3) is 0.500. The van der Waals surface area contributed by atoms with E-state index in [-0.39, 0.29) is 29.9 Å². The smallest absolute Gasteiger partial charge is 0.222 e. The Morgan fingerprint density at radius 2 is 2.00 bits per heavy atom. The van der Waals surface area contributed by atoms with Crippen molar-refractivity contribution < 1.29 is 4.79 Å². The van der Waals surface area contributed by atoms with Crippen LogP contribution in [0, 0.1) is 0 Å². The molecule has 1 aromatic carbocycles. The maximum atomic E-state index is 11.8. The van der Waals surface area contributed by atoms with Crippen molar-refractivity contribution in [1.29, 1.82) is 0 Å². The Morgan fingerprint density at radius 3 is 2.63 bits per heavy atom. The lowest BCUT2D eigenvalue weighted by Crippen LogP contribution is -2.39. The summed E-state index contributed by atoms with van der Waals surface area (Å²) in [6, 6.07) is 8.52. The van der Waals surface area contributed by atoms with Crippen LogP contribution in [0.5, 0.6) is 0 Å². The van der Waals surface area contributed by atoms with Crippen LogP contribution in [-0.4, -0.2) is 58.1 Å². The monoisotopic (exact) mass is 522 g/mol. The molecule has 1 atom stereocenters. The van der Waals surface area contributed by atoms with Gasteiger partial charge in [-0.2, -0.15) is 5.10 Å². The lowest BCUT2D eigenvalue weighted by molar-refractivity contribution is -0.128. The molecule has 4 rings (SSSR count). The van der Waals surface area contributed by atoms with E-state index in [2.05, 4.69) is 50.8 Å². The van der Waals surface area contributed by atoms with Gasteiger partial charge < -0.3 is 15.1 Å². The van der Waals surface area contributed by atoms with E-state index in [0.717, 1.165) is 51.5 Å². The van der Waals surface area contributed by atoms with E-state index in [0.29, 0.717) is 12.3 Å². The molecule has 1 aromatic heterocycles. The van der Waals surface area contributed by atoms with Crippen LogP contribution in [0.15, 0.2) is 41.7 Å². The minimum atomic E-state index is 0. The number of hydrogen-bond donors (Lipinski definition) is 1. The van der Waals surface area contributed by atoms with E-state index in [9.17, 15) is 4.79 Å². The maximum Gasteiger partial charge on any atom is 0.222 e. The molecule has 2 aliphatic rings. The molecule has 2 saturated heterocycles. The predicted molar refractivity (Wildman–Crippen MR) is 129 cm³/mol. The lowest BCUT2D eigenvalue weighted by atomic mass is 10.0. The second kappa shape index (κ2) is 10.3. The highest BCUT2D eigenvalue weighted by molar-refractivity contribution is 14.0. The fourth-order valence-electron chi connectivity index (χ4n) is 4.24. The Kier molecular flexibility index (Phi) is 7.74. The molecule has 0 bridgehead atoms. The third-order valence-corrected chi connectivity index (χ3v) is 5.91. The summed E-state index contributed by atoms with van der Waals surface area (Å²) in [4.78, 5) is 20.5. The molecular weight excluding hydrogens is 491 g/mol. The first kappa shape index (κ1) is 22.6. The molecule has 3 heterocycles. The van der Waals surface area contributed by atoms with E-state index in [4.69, 9.17) is 0 Å². The van der Waals surface area contributed by atoms with Crippen molar-refractivity contribution >= 4 is 35.8 Å². The molecule has 0 saturated carbocycles. The topological polar surface area (TPSA) is 65.8 Å². The maximum absolute atomic E-state index is 11.8. The van der Waals surface area contributed by atoms with Gasteiger partial charge in [0.1, 0.15) is 0 Å². The van der Waals surface area contributed by atoms with Gasteiger partial charge in [-0.1, -0.05) is 24.3 Å². The number of aryl methyl sites for hydroxylation is 1. The van der Waals surface area contributed by atoms with E-state index < -0.39 is 0 Å². The van der Waals surface area contributed by atoms with Gasteiger partial charge in [-0.15, -0.1) is 24.0 Å². The molecule has 1 amide bonds. The van der Waals surface area contributed by atoms with Gasteiger partial charge in [0.15, 0.2) is 5.96 Å². The molecule has 1 unspecified atom stereocenters. The number of guanidine groups is 1. The molecule has 0 radical (unpaired) electrons. The van der Waals surface area contributed by atoms with Crippen molar-refractivity contribution in [3.05, 3.63) is 53.3 Å². The number of hydrogen-bond acceptors (Lipinski definition) is 3. The average Bonchev–Trinajstić information content (AvgIpc) is 3.46. The van der Waals surface area contributed by atoms with E-state index in [1.807, 2.05) is 29.9 Å². The van der Waals surface area contributed by atoms with Gasteiger partial charge in [-0.25, -0.2) is 0 Å². The summed E-state index contributed by atoms with van der Waals surface area (Å²) in [5.74, 6) is 1.73. The van der Waals surface area contributed by atoms with Crippen molar-refractivity contribution in [1.82, 2.24) is 24.9 Å². The van der Waals surface area contributed by atoms with Crippen molar-refractivity contribution in [2.24, 2.45) is 12.0 Å². The Hall–Kier alpha value is -2.10. The molecule has 7 nitrogen and oxygen atoms in total. The number of aromatic nitrogens is 2. The number of nitrogens with zero attached hydrogens (tertiary/aromatic N) is 5. The normalized spacial score (nSPS) is 19.3. The lowest BCUT2D eigenvalue weighted by Gasteiger charge is -2.22. The standard InChI is InChI=1S/C22H30N6O.HI/c1-23-22(28-11-9-19(16-28)20-13-25-26(2)15-20)24-12-17-5-7-18(8-6-17)14-27-10-3-4-21(27)29;/h5-8,13,15,19H,3-4,9-12,14,16H2,1-2H3,(H,23,24);1H. The Labute approximate surface area is 195 Å². The number of benzene rings is 1. The minimum absolute atomic E-state index is 0. The molecule has 0 spiro atoms. The molecule has 162 valence electrons. The summed E-state index contributed by atoms with van der Waals surface area (Å²) in [6.45, 7) is 4.31. The molecular formula is C22H31IN6O. The number of nitrogens with one attached hydrogen (secondary N) is 1. The summed E-state index contributed by atoms with van der Waals surface area (Å²) in [5.41, 5.74) is 3.70. The second-order valence-corrected chi connectivity index (χ2v) is 8.02. The van der Waals surface area contributed by atoms with Crippen LogP contribution in [0.3, 0.4) is 0 Å². The third kappa shape index (κ3) is 5.33. The zero-order valence-corrected chi connectivity index (χ0v) is 20.1. The molecule has 0 aliphatic carbocycles. The van der Waals surface area contributed by atoms with Crippen molar-refractivity contribution in [2.45, 2.75) is 38.3 Å². The quantitative estimate of drug-likeness (QED) is 0.373. The van der Waals surface area contributed by atoms with Crippen LogP contribution < -0.4 is 5.32 Å². The van der Waals surface area contributed by atoms with Crippen molar-refractivity contribution in [3.8, 4) is 0 Å². The van der Waals surface area contributed by atoms with Gasteiger partial charge in [0, 0.05) is 65.4 Å². The van der Waals surface area contributed by atoms with Gasteiger partial charge >= 0.3 is 0 Å². The highest BCUT2D eigenvalue weighted by Gasteiger charge is 2.26. The van der Waals surface area contributed by atoms with E-state index in [1.165, 1.54) is 16.7 Å². The van der Waals surface area contributed by atoms with Gasteiger partial charge in [-0.3, -0.25) is 14.5 Å². The number of halogens is 1. The fourth-order valence-corrected chi connectivity index (χ4v) is 4.24. The number of amides is 1. The summed E-state index contributed by atoms with van der Waals surface area (Å²) in [6.07, 6.45) is 6.89. The van der Waals surface area contributed by atoms with Crippen LogP contribution in [0.2, 0.25) is 0 Å². The number of carbonyl (C=O) groups excluding carboxylic acids is 1. The molecule has 2 aliphatic heterocycles. The molecule has 30 heavy (non-hydrogen) atoms. The van der Waals surface area contributed by atoms with Crippen LogP contribution in [0.4, 0.5) is 0 Å². The minimum Gasteiger partial charge on any atom is -0.352 e. The Bertz CT molecular complexity index is 878. The van der Waals surface area contributed by atoms with Gasteiger partial charge in [0.25, 0.3) is 0 Å². The number of aliphatic imine (C=N–C) groups is 1. The molecule has 2 aromatic rings. The molecule has 8 heteroatoms. The van der Waals surface area contributed by atoms with Crippen LogP contribution in [-0.2, 0) is 24.9 Å². The summed E-state index contributed by atoms with van der Waals surface area (Å²) < 4.78 is 1.87. The summed E-state index contributed by atoms with van der Waals surface area (Å²) in [7, 11) is 3.81. The average molecular weight is 522 g/mol. The highest BCUT2D eigenvalue weighted by Crippen LogP contribution is 2.26. The first-order chi connectivity index (χ1) is 14.1. The van der Waals surface area contributed by atoms with Gasteiger partial charge in [-0.05, 0) is 29.5 Å². The highest BCUT2D eigenvalue weighted by atomic mass is 127. The number of rotatable bonds is 5. The summed E-state index contributed by atoms with van der Waals surface area (Å²) in [5, 5.41) is 7.80. The zero-order chi connectivity index (χ0) is 20.2. The number of carbonyl (C=O) groups is 1. The second-order valence-electron chi connectivity index (χ2n) is 8.02. The third-order valence-electron chi connectivity index (χ3n) is 5.91. The first-order valence-corrected chi connectivity index (χ1v) is 10.4. The van der Waals surface area contributed by atoms with Crippen molar-refractivity contribution in [2.75, 3.05) is 26.7 Å². The SMILES string of the molecule is CN=C(NCc1ccc(CN2CCCC2=O)cc1)N1CCC(c2cnn(C)c2)C1.I. The van der Waals surface area contributed by atoms with Crippen LogP contribution in [0.25, 0.3) is 0 Å². The van der Waals surface area contributed by atoms with Crippen LogP contribution in [0.1, 0.15) is 41.9 Å². The zero-order valence-electron chi connectivity index (χ0n) is 17.8. The molecule has 1 N–H and O–H groups in total. The predicted octanol–water partition coefficient (Wildman–Crippen LogP) is 2.73. The van der Waals surface area contributed by atoms with E-state index >= 15 is 0 Å². The van der Waals surface area contributed by atoms with Gasteiger partial charge in [0.2, 0.25) is 5.91 Å². The largest absolute Gasteiger partial charge is 0.352 e. The molecule has 2 fully saturated rings. The Morgan fingerprint density at radius 1 is 1.23 bits per heavy atom. The number of likely N-dealkylation sites (tertiary alicyclic amines) is 2. The van der Waals surface area contributed by atoms with Crippen LogP contribution >= 0.6 is 24.0 Å².